The van der Waals surface area contributed by atoms with Crippen molar-refractivity contribution in [1.29, 1.82) is 0 Å². The van der Waals surface area contributed by atoms with E-state index in [1.54, 1.807) is 30.6 Å². The molecular formula is C32H31FN8O. The van der Waals surface area contributed by atoms with Crippen LogP contribution in [0.2, 0.25) is 0 Å². The van der Waals surface area contributed by atoms with Gasteiger partial charge in [-0.2, -0.15) is 0 Å². The van der Waals surface area contributed by atoms with E-state index in [0.717, 1.165) is 42.0 Å². The molecule has 0 radical (unpaired) electrons. The summed E-state index contributed by atoms with van der Waals surface area (Å²) in [6, 6.07) is 18.8. The van der Waals surface area contributed by atoms with Gasteiger partial charge in [0.2, 0.25) is 0 Å². The first-order valence-corrected chi connectivity index (χ1v) is 14.3. The predicted octanol–water partition coefficient (Wildman–Crippen LogP) is 5.89. The highest BCUT2D eigenvalue weighted by atomic mass is 19.1. The number of fused-ring (bicyclic) bond motifs is 3. The molecule has 10 heteroatoms. The Morgan fingerprint density at radius 3 is 2.67 bits per heavy atom. The Morgan fingerprint density at radius 1 is 1.05 bits per heavy atom. The summed E-state index contributed by atoms with van der Waals surface area (Å²) < 4.78 is 19.6. The first-order chi connectivity index (χ1) is 20.4. The van der Waals surface area contributed by atoms with Crippen molar-refractivity contribution in [2.45, 2.75) is 58.3 Å². The van der Waals surface area contributed by atoms with Gasteiger partial charge in [0.1, 0.15) is 23.7 Å². The summed E-state index contributed by atoms with van der Waals surface area (Å²) in [4.78, 5) is 25.1. The molecule has 42 heavy (non-hydrogen) atoms. The molecule has 212 valence electrons. The van der Waals surface area contributed by atoms with E-state index in [1.165, 1.54) is 11.6 Å². The van der Waals surface area contributed by atoms with Crippen LogP contribution in [-0.4, -0.2) is 40.1 Å². The number of nitrogens with one attached hydrogen (secondary N) is 1. The van der Waals surface area contributed by atoms with Crippen LogP contribution in [0.25, 0.3) is 17.2 Å². The zero-order valence-corrected chi connectivity index (χ0v) is 23.5. The van der Waals surface area contributed by atoms with Crippen LogP contribution in [0.5, 0.6) is 0 Å². The summed E-state index contributed by atoms with van der Waals surface area (Å²) in [5.41, 5.74) is 5.51. The third-order valence-corrected chi connectivity index (χ3v) is 7.90. The second-order valence-corrected chi connectivity index (χ2v) is 11.3. The molecule has 0 bridgehead atoms. The molecule has 1 saturated carbocycles. The Bertz CT molecular complexity index is 1770. The molecule has 1 N–H and O–H groups in total. The first kappa shape index (κ1) is 26.2. The summed E-state index contributed by atoms with van der Waals surface area (Å²) in [7, 11) is 0. The second-order valence-electron chi connectivity index (χ2n) is 11.3. The fourth-order valence-electron chi connectivity index (χ4n) is 5.66. The molecule has 7 rings (SSSR count). The zero-order chi connectivity index (χ0) is 28.8. The predicted molar refractivity (Wildman–Crippen MR) is 156 cm³/mol. The van der Waals surface area contributed by atoms with Gasteiger partial charge in [0.05, 0.1) is 29.0 Å². The molecule has 9 nitrogen and oxygen atoms in total. The molecule has 5 aromatic rings. The number of carbonyl (C=O) groups is 1. The maximum Gasteiger partial charge on any atom is 0.259 e. The normalized spacial score (nSPS) is 14.9. The van der Waals surface area contributed by atoms with Gasteiger partial charge in [0.15, 0.2) is 5.82 Å². The molecule has 1 amide bonds. The molecule has 0 atom stereocenters. The van der Waals surface area contributed by atoms with E-state index in [9.17, 15) is 4.79 Å². The highest BCUT2D eigenvalue weighted by molar-refractivity contribution is 6.04. The number of hydrogen-bond donors (Lipinski definition) is 1. The lowest BCUT2D eigenvalue weighted by atomic mass is 10.1. The lowest BCUT2D eigenvalue weighted by Crippen LogP contribution is -2.22. The lowest BCUT2D eigenvalue weighted by molar-refractivity contribution is 0.102. The lowest BCUT2D eigenvalue weighted by Gasteiger charge is -2.21. The Morgan fingerprint density at radius 2 is 1.88 bits per heavy atom. The maximum atomic E-state index is 15.6. The summed E-state index contributed by atoms with van der Waals surface area (Å²) in [5.74, 6) is 0.215. The van der Waals surface area contributed by atoms with Gasteiger partial charge < -0.3 is 14.5 Å². The van der Waals surface area contributed by atoms with Gasteiger partial charge in [0.25, 0.3) is 5.91 Å². The Kier molecular flexibility index (Phi) is 6.62. The van der Waals surface area contributed by atoms with Crippen LogP contribution in [0.1, 0.15) is 71.5 Å². The van der Waals surface area contributed by atoms with E-state index >= 15 is 4.39 Å². The standard InChI is InChI=1S/C32H31FN8O/c1-20(2)40-19-35-38-31(40)26-9-6-10-29(36-26)37-32(42)24-14-27-23(13-25(24)33)16-39(15-21-7-4-3-5-8-21)17-28-30(22-11-12-22)34-18-41(27)28/h3-10,13-14,18-20,22H,11-12,15-17H2,1-2H3,(H,36,37,42). The summed E-state index contributed by atoms with van der Waals surface area (Å²) in [6.07, 6.45) is 5.74. The van der Waals surface area contributed by atoms with Gasteiger partial charge in [-0.15, -0.1) is 10.2 Å². The van der Waals surface area contributed by atoms with Crippen LogP contribution in [0.15, 0.2) is 73.3 Å². The van der Waals surface area contributed by atoms with E-state index in [1.807, 2.05) is 47.5 Å². The van der Waals surface area contributed by atoms with Crippen molar-refractivity contribution in [3.8, 4) is 17.2 Å². The number of nitrogens with zero attached hydrogens (tertiary/aromatic N) is 7. The van der Waals surface area contributed by atoms with Crippen molar-refractivity contribution in [2.75, 3.05) is 5.32 Å². The highest BCUT2D eigenvalue weighted by Gasteiger charge is 2.33. The average molecular weight is 563 g/mol. The number of benzene rings is 2. The molecular weight excluding hydrogens is 531 g/mol. The van der Waals surface area contributed by atoms with E-state index in [2.05, 4.69) is 37.5 Å². The Balaban J connectivity index is 1.22. The molecule has 2 aromatic carbocycles. The van der Waals surface area contributed by atoms with Gasteiger partial charge in [-0.1, -0.05) is 36.4 Å². The van der Waals surface area contributed by atoms with E-state index in [4.69, 9.17) is 4.98 Å². The molecule has 0 unspecified atom stereocenters. The fraction of sp³-hybridized carbons (Fsp3) is 0.281. The van der Waals surface area contributed by atoms with Crippen LogP contribution in [0.3, 0.4) is 0 Å². The smallest absolute Gasteiger partial charge is 0.259 e. The summed E-state index contributed by atoms with van der Waals surface area (Å²) in [5, 5.41) is 11.0. The first-order valence-electron chi connectivity index (χ1n) is 14.3. The molecule has 1 aliphatic heterocycles. The molecule has 2 aliphatic rings. The maximum absolute atomic E-state index is 15.6. The number of anilines is 1. The van der Waals surface area contributed by atoms with E-state index < -0.39 is 11.7 Å². The fourth-order valence-corrected chi connectivity index (χ4v) is 5.66. The minimum atomic E-state index is -0.576. The van der Waals surface area contributed by atoms with E-state index in [0.29, 0.717) is 36.3 Å². The molecule has 1 fully saturated rings. The van der Waals surface area contributed by atoms with Crippen LogP contribution in [0.4, 0.5) is 10.2 Å². The summed E-state index contributed by atoms with van der Waals surface area (Å²) >= 11 is 0. The number of imidazole rings is 1. The second kappa shape index (κ2) is 10.6. The average Bonchev–Trinajstić information content (AvgIpc) is 3.58. The van der Waals surface area contributed by atoms with Crippen LogP contribution >= 0.6 is 0 Å². The van der Waals surface area contributed by atoms with Crippen molar-refractivity contribution in [3.05, 3.63) is 107 Å². The number of aromatic nitrogens is 6. The topological polar surface area (TPSA) is 93.8 Å². The van der Waals surface area contributed by atoms with Gasteiger partial charge in [-0.3, -0.25) is 9.69 Å². The van der Waals surface area contributed by atoms with Crippen LogP contribution in [0, 0.1) is 5.82 Å². The van der Waals surface area contributed by atoms with Gasteiger partial charge >= 0.3 is 0 Å². The SMILES string of the molecule is CC(C)n1cnnc1-c1cccc(NC(=O)c2cc3c(cc2F)CN(Cc2ccccc2)Cc2c(C4CC4)ncn2-3)n1. The third kappa shape index (κ3) is 4.98. The molecule has 1 aliphatic carbocycles. The third-order valence-electron chi connectivity index (χ3n) is 7.90. The molecule has 3 aromatic heterocycles. The number of rotatable bonds is 7. The van der Waals surface area contributed by atoms with Gasteiger partial charge in [-0.05, 0) is 62.1 Å². The van der Waals surface area contributed by atoms with Crippen molar-refractivity contribution < 1.29 is 9.18 Å². The van der Waals surface area contributed by atoms with Crippen molar-refractivity contribution in [2.24, 2.45) is 0 Å². The van der Waals surface area contributed by atoms with Crippen LogP contribution < -0.4 is 5.32 Å². The summed E-state index contributed by atoms with van der Waals surface area (Å²) in [6.45, 7) is 6.02. The van der Waals surface area contributed by atoms with Crippen molar-refractivity contribution >= 4 is 11.7 Å². The number of carbonyl (C=O) groups excluding carboxylic acids is 1. The van der Waals surface area contributed by atoms with Crippen molar-refractivity contribution in [1.82, 2.24) is 34.2 Å². The molecule has 4 heterocycles. The van der Waals surface area contributed by atoms with Crippen molar-refractivity contribution in [3.63, 3.8) is 0 Å². The largest absolute Gasteiger partial charge is 0.310 e. The minimum Gasteiger partial charge on any atom is -0.310 e. The zero-order valence-electron chi connectivity index (χ0n) is 23.5. The van der Waals surface area contributed by atoms with E-state index in [-0.39, 0.29) is 11.6 Å². The van der Waals surface area contributed by atoms with Gasteiger partial charge in [-0.25, -0.2) is 14.4 Å². The molecule has 0 saturated heterocycles. The Labute approximate surface area is 243 Å². The Hall–Kier alpha value is -4.70. The minimum absolute atomic E-state index is 0.0459. The number of pyridine rings is 1. The van der Waals surface area contributed by atoms with Crippen LogP contribution in [-0.2, 0) is 19.6 Å². The quantitative estimate of drug-likeness (QED) is 0.266. The number of halogens is 1. The number of hydrogen-bond acceptors (Lipinski definition) is 6. The molecule has 0 spiro atoms. The monoisotopic (exact) mass is 562 g/mol. The van der Waals surface area contributed by atoms with Gasteiger partial charge in [0, 0.05) is 31.6 Å². The highest BCUT2D eigenvalue weighted by Crippen LogP contribution is 2.42. The number of amides is 1.